The molecule has 1 unspecified atom stereocenters. The lowest BCUT2D eigenvalue weighted by molar-refractivity contribution is -0.128. The van der Waals surface area contributed by atoms with Gasteiger partial charge in [0, 0.05) is 13.5 Å². The van der Waals surface area contributed by atoms with Crippen molar-refractivity contribution in [1.82, 2.24) is 10.6 Å². The summed E-state index contributed by atoms with van der Waals surface area (Å²) in [6.45, 7) is 0. The van der Waals surface area contributed by atoms with Crippen LogP contribution in [0.15, 0.2) is 0 Å². The van der Waals surface area contributed by atoms with E-state index in [4.69, 9.17) is 0 Å². The van der Waals surface area contributed by atoms with Gasteiger partial charge >= 0.3 is 0 Å². The van der Waals surface area contributed by atoms with Gasteiger partial charge in [-0.2, -0.15) is 0 Å². The van der Waals surface area contributed by atoms with E-state index in [1.165, 1.54) is 0 Å². The zero-order valence-electron chi connectivity index (χ0n) is 7.22. The average molecular weight is 170 g/mol. The second kappa shape index (κ2) is 4.09. The van der Waals surface area contributed by atoms with Crippen LogP contribution in [0.4, 0.5) is 0 Å². The van der Waals surface area contributed by atoms with E-state index in [-0.39, 0.29) is 17.9 Å². The molecule has 1 aliphatic rings. The Morgan fingerprint density at radius 1 is 1.58 bits per heavy atom. The number of nitrogens with one attached hydrogen (secondary N) is 2. The van der Waals surface area contributed by atoms with E-state index in [0.29, 0.717) is 6.42 Å². The Labute approximate surface area is 71.7 Å². The lowest BCUT2D eigenvalue weighted by Gasteiger charge is -2.12. The fraction of sp³-hybridized carbons (Fsp3) is 0.750. The van der Waals surface area contributed by atoms with Crippen molar-refractivity contribution < 1.29 is 9.59 Å². The Hall–Kier alpha value is -1.06. The maximum absolute atomic E-state index is 11.1. The van der Waals surface area contributed by atoms with Crippen LogP contribution in [0.2, 0.25) is 0 Å². The summed E-state index contributed by atoms with van der Waals surface area (Å²) in [5.74, 6) is -0.105. The minimum absolute atomic E-state index is 0.0129. The molecule has 1 rings (SSSR count). The van der Waals surface area contributed by atoms with E-state index in [2.05, 4.69) is 10.6 Å². The molecule has 1 saturated heterocycles. The molecule has 0 bridgehead atoms. The summed E-state index contributed by atoms with van der Waals surface area (Å²) in [6.07, 6.45) is 3.13. The van der Waals surface area contributed by atoms with Crippen LogP contribution in [0.1, 0.15) is 25.7 Å². The summed E-state index contributed by atoms with van der Waals surface area (Å²) >= 11 is 0. The summed E-state index contributed by atoms with van der Waals surface area (Å²) in [6, 6.07) is -0.315. The number of rotatable bonds is 1. The van der Waals surface area contributed by atoms with E-state index in [9.17, 15) is 9.59 Å². The van der Waals surface area contributed by atoms with Gasteiger partial charge in [0.15, 0.2) is 0 Å². The van der Waals surface area contributed by atoms with Gasteiger partial charge in [-0.3, -0.25) is 9.59 Å². The third-order valence-electron chi connectivity index (χ3n) is 2.04. The zero-order valence-corrected chi connectivity index (χ0v) is 7.22. The smallest absolute Gasteiger partial charge is 0.242 e. The van der Waals surface area contributed by atoms with Crippen molar-refractivity contribution >= 4 is 11.8 Å². The van der Waals surface area contributed by atoms with E-state index >= 15 is 0 Å². The summed E-state index contributed by atoms with van der Waals surface area (Å²) in [4.78, 5) is 22.2. The van der Waals surface area contributed by atoms with Crippen molar-refractivity contribution in [2.45, 2.75) is 31.7 Å². The van der Waals surface area contributed by atoms with Crippen LogP contribution >= 0.6 is 0 Å². The SMILES string of the molecule is CNC(=O)C1CCCCC(=O)N1. The average Bonchev–Trinajstić information content (AvgIpc) is 2.28. The molecule has 2 amide bonds. The number of amides is 2. The minimum Gasteiger partial charge on any atom is -0.357 e. The summed E-state index contributed by atoms with van der Waals surface area (Å²) < 4.78 is 0. The molecule has 1 aliphatic heterocycles. The maximum Gasteiger partial charge on any atom is 0.242 e. The highest BCUT2D eigenvalue weighted by Crippen LogP contribution is 2.08. The van der Waals surface area contributed by atoms with E-state index in [1.54, 1.807) is 7.05 Å². The molecule has 0 aromatic carbocycles. The molecule has 0 radical (unpaired) electrons. The first-order chi connectivity index (χ1) is 5.74. The Bertz CT molecular complexity index is 191. The maximum atomic E-state index is 11.1. The van der Waals surface area contributed by atoms with Gasteiger partial charge in [-0.25, -0.2) is 0 Å². The molecular formula is C8H14N2O2. The van der Waals surface area contributed by atoms with Crippen LogP contribution in [-0.2, 0) is 9.59 Å². The van der Waals surface area contributed by atoms with Crippen molar-refractivity contribution in [3.8, 4) is 0 Å². The van der Waals surface area contributed by atoms with Crippen LogP contribution < -0.4 is 10.6 Å². The highest BCUT2D eigenvalue weighted by Gasteiger charge is 2.21. The van der Waals surface area contributed by atoms with Gasteiger partial charge in [0.25, 0.3) is 0 Å². The summed E-state index contributed by atoms with van der Waals surface area (Å²) in [5, 5.41) is 5.21. The van der Waals surface area contributed by atoms with Gasteiger partial charge in [0.2, 0.25) is 11.8 Å². The topological polar surface area (TPSA) is 58.2 Å². The third kappa shape index (κ3) is 2.22. The van der Waals surface area contributed by atoms with Crippen molar-refractivity contribution in [2.24, 2.45) is 0 Å². The fourth-order valence-electron chi connectivity index (χ4n) is 1.34. The minimum atomic E-state index is -0.315. The van der Waals surface area contributed by atoms with E-state index < -0.39 is 0 Å². The summed E-state index contributed by atoms with van der Waals surface area (Å²) in [7, 11) is 1.58. The molecular weight excluding hydrogens is 156 g/mol. The first-order valence-corrected chi connectivity index (χ1v) is 4.25. The molecule has 68 valence electrons. The molecule has 0 aromatic rings. The van der Waals surface area contributed by atoms with E-state index in [0.717, 1.165) is 19.3 Å². The molecule has 4 heteroatoms. The van der Waals surface area contributed by atoms with Crippen LogP contribution in [0.25, 0.3) is 0 Å². The van der Waals surface area contributed by atoms with Crippen molar-refractivity contribution in [2.75, 3.05) is 7.05 Å². The Morgan fingerprint density at radius 3 is 3.00 bits per heavy atom. The molecule has 1 fully saturated rings. The lowest BCUT2D eigenvalue weighted by atomic mass is 10.1. The first kappa shape index (κ1) is 9.03. The highest BCUT2D eigenvalue weighted by molar-refractivity contribution is 5.87. The second-order valence-corrected chi connectivity index (χ2v) is 2.98. The quantitative estimate of drug-likeness (QED) is 0.572. The monoisotopic (exact) mass is 170 g/mol. The molecule has 1 heterocycles. The van der Waals surface area contributed by atoms with Crippen molar-refractivity contribution in [1.29, 1.82) is 0 Å². The number of hydrogen-bond donors (Lipinski definition) is 2. The molecule has 1 atom stereocenters. The van der Waals surface area contributed by atoms with Gasteiger partial charge in [-0.05, 0) is 12.8 Å². The number of likely N-dealkylation sites (N-methyl/N-ethyl adjacent to an activating group) is 1. The van der Waals surface area contributed by atoms with Gasteiger partial charge in [-0.15, -0.1) is 0 Å². The molecule has 0 aromatic heterocycles. The van der Waals surface area contributed by atoms with Crippen molar-refractivity contribution in [3.05, 3.63) is 0 Å². The van der Waals surface area contributed by atoms with Crippen LogP contribution in [0.5, 0.6) is 0 Å². The molecule has 0 saturated carbocycles. The van der Waals surface area contributed by atoms with Gasteiger partial charge in [0.05, 0.1) is 0 Å². The zero-order chi connectivity index (χ0) is 8.97. The number of carbonyl (C=O) groups excluding carboxylic acids is 2. The highest BCUT2D eigenvalue weighted by atomic mass is 16.2. The molecule has 0 spiro atoms. The van der Waals surface area contributed by atoms with Gasteiger partial charge in [0.1, 0.15) is 6.04 Å². The van der Waals surface area contributed by atoms with Crippen molar-refractivity contribution in [3.63, 3.8) is 0 Å². The normalized spacial score (nSPS) is 24.1. The third-order valence-corrected chi connectivity index (χ3v) is 2.04. The van der Waals surface area contributed by atoms with E-state index in [1.807, 2.05) is 0 Å². The number of carbonyl (C=O) groups is 2. The molecule has 0 aliphatic carbocycles. The molecule has 2 N–H and O–H groups in total. The first-order valence-electron chi connectivity index (χ1n) is 4.25. The van der Waals surface area contributed by atoms with Crippen LogP contribution in [0, 0.1) is 0 Å². The molecule has 4 nitrogen and oxygen atoms in total. The fourth-order valence-corrected chi connectivity index (χ4v) is 1.34. The van der Waals surface area contributed by atoms with Gasteiger partial charge in [-0.1, -0.05) is 6.42 Å². The largest absolute Gasteiger partial charge is 0.357 e. The predicted molar refractivity (Wildman–Crippen MR) is 44.5 cm³/mol. The van der Waals surface area contributed by atoms with Crippen LogP contribution in [-0.4, -0.2) is 24.9 Å². The predicted octanol–water partition coefficient (Wildman–Crippen LogP) is -0.209. The van der Waals surface area contributed by atoms with Gasteiger partial charge < -0.3 is 10.6 Å². The Balaban J connectivity index is 2.51. The number of hydrogen-bond acceptors (Lipinski definition) is 2. The Kier molecular flexibility index (Phi) is 3.08. The van der Waals surface area contributed by atoms with Crippen LogP contribution in [0.3, 0.4) is 0 Å². The summed E-state index contributed by atoms with van der Waals surface area (Å²) in [5.41, 5.74) is 0. The standard InChI is InChI=1S/C8H14N2O2/c1-9-8(12)6-4-2-3-5-7(11)10-6/h6H,2-5H2,1H3,(H,9,12)(H,10,11). The lowest BCUT2D eigenvalue weighted by Crippen LogP contribution is -2.44. The molecule has 12 heavy (non-hydrogen) atoms. The Morgan fingerprint density at radius 2 is 2.33 bits per heavy atom. The second-order valence-electron chi connectivity index (χ2n) is 2.98.